The van der Waals surface area contributed by atoms with E-state index in [2.05, 4.69) is 5.32 Å². The van der Waals surface area contributed by atoms with E-state index in [0.29, 0.717) is 30.0 Å². The number of para-hydroxylation sites is 2. The van der Waals surface area contributed by atoms with Crippen molar-refractivity contribution in [3.05, 3.63) is 48.0 Å². The number of aliphatic hydroxyl groups excluding tert-OH is 1. The molecule has 2 aromatic rings. The summed E-state index contributed by atoms with van der Waals surface area (Å²) in [5, 5.41) is 13.4. The molecule has 1 fully saturated rings. The van der Waals surface area contributed by atoms with Crippen molar-refractivity contribution >= 4 is 11.5 Å². The first-order valence-electron chi connectivity index (χ1n) is 10.1. The molecule has 29 heavy (non-hydrogen) atoms. The van der Waals surface area contributed by atoms with Crippen molar-refractivity contribution in [2.45, 2.75) is 43.8 Å². The molecular weight excluding hydrogens is 370 g/mol. The average Bonchev–Trinajstić information content (AvgIpc) is 3.17. The van der Waals surface area contributed by atoms with Crippen molar-refractivity contribution in [1.29, 1.82) is 0 Å². The number of methoxy groups -OCH3 is 1. The molecule has 1 atom stereocenters. The number of ether oxygens (including phenoxy) is 3. The number of benzene rings is 2. The van der Waals surface area contributed by atoms with Gasteiger partial charge in [-0.3, -0.25) is 4.79 Å². The topological polar surface area (TPSA) is 77.0 Å². The van der Waals surface area contributed by atoms with Crippen LogP contribution < -0.4 is 19.5 Å². The van der Waals surface area contributed by atoms with E-state index in [1.165, 1.54) is 0 Å². The molecular formula is C23H27NO5. The van der Waals surface area contributed by atoms with E-state index >= 15 is 0 Å². The number of anilines is 1. The largest absolute Gasteiger partial charge is 0.495 e. The lowest BCUT2D eigenvalue weighted by molar-refractivity contribution is 0.0446. The number of carbonyl (C=O) groups is 1. The molecule has 0 aromatic heterocycles. The summed E-state index contributed by atoms with van der Waals surface area (Å²) < 4.78 is 17.3. The highest BCUT2D eigenvalue weighted by atomic mass is 16.5. The molecule has 1 aliphatic heterocycles. The van der Waals surface area contributed by atoms with E-state index < -0.39 is 6.10 Å². The fourth-order valence-electron chi connectivity index (χ4n) is 4.13. The third-order valence-electron chi connectivity index (χ3n) is 5.65. The molecule has 0 saturated heterocycles. The third kappa shape index (κ3) is 4.32. The van der Waals surface area contributed by atoms with Crippen LogP contribution >= 0.6 is 0 Å². The average molecular weight is 397 g/mol. The zero-order chi connectivity index (χ0) is 20.3. The van der Waals surface area contributed by atoms with Crippen LogP contribution in [0.1, 0.15) is 42.5 Å². The van der Waals surface area contributed by atoms with Crippen molar-refractivity contribution in [3.63, 3.8) is 0 Å². The third-order valence-corrected chi connectivity index (χ3v) is 5.65. The van der Waals surface area contributed by atoms with Crippen LogP contribution in [0.15, 0.2) is 42.5 Å². The number of rotatable bonds is 7. The molecule has 0 radical (unpaired) electrons. The number of ketones is 1. The highest BCUT2D eigenvalue weighted by Gasteiger charge is 2.42. The van der Waals surface area contributed by atoms with Gasteiger partial charge in [0, 0.05) is 12.6 Å². The minimum atomic E-state index is -0.709. The number of Topliss-reactive ketones (excluding diaryl/α,β-unsaturated/α-hetero) is 1. The maximum atomic E-state index is 12.5. The second-order valence-corrected chi connectivity index (χ2v) is 7.80. The summed E-state index contributed by atoms with van der Waals surface area (Å²) in [5.41, 5.74) is 1.10. The highest BCUT2D eigenvalue weighted by molar-refractivity contribution is 6.00. The Kier molecular flexibility index (Phi) is 5.62. The Labute approximate surface area is 170 Å². The summed E-state index contributed by atoms with van der Waals surface area (Å²) in [6, 6.07) is 12.8. The van der Waals surface area contributed by atoms with Gasteiger partial charge in [-0.25, -0.2) is 0 Å². The Hall–Kier alpha value is -2.73. The lowest BCUT2D eigenvalue weighted by Crippen LogP contribution is -2.39. The van der Waals surface area contributed by atoms with Gasteiger partial charge in [-0.2, -0.15) is 0 Å². The molecule has 4 rings (SSSR count). The van der Waals surface area contributed by atoms with Crippen LogP contribution in [-0.4, -0.2) is 42.9 Å². The lowest BCUT2D eigenvalue weighted by Gasteiger charge is -2.34. The fraction of sp³-hybridized carbons (Fsp3) is 0.435. The zero-order valence-corrected chi connectivity index (χ0v) is 16.6. The van der Waals surface area contributed by atoms with Gasteiger partial charge < -0.3 is 24.6 Å². The maximum Gasteiger partial charge on any atom is 0.170 e. The van der Waals surface area contributed by atoms with Gasteiger partial charge in [-0.05, 0) is 49.9 Å². The van der Waals surface area contributed by atoms with Crippen molar-refractivity contribution in [3.8, 4) is 17.2 Å². The van der Waals surface area contributed by atoms with Gasteiger partial charge in [0.15, 0.2) is 5.78 Å². The number of hydrogen-bond acceptors (Lipinski definition) is 6. The van der Waals surface area contributed by atoms with Crippen molar-refractivity contribution < 1.29 is 24.1 Å². The minimum absolute atomic E-state index is 0.125. The van der Waals surface area contributed by atoms with Crippen LogP contribution in [0.4, 0.5) is 5.69 Å². The van der Waals surface area contributed by atoms with Gasteiger partial charge in [-0.1, -0.05) is 12.1 Å². The predicted octanol–water partition coefficient (Wildman–Crippen LogP) is 3.83. The molecule has 1 saturated carbocycles. The number of carbonyl (C=O) groups excluding carboxylic acids is 1. The van der Waals surface area contributed by atoms with Crippen molar-refractivity contribution in [2.24, 2.45) is 0 Å². The summed E-state index contributed by atoms with van der Waals surface area (Å²) in [6.07, 6.45) is 3.81. The van der Waals surface area contributed by atoms with Gasteiger partial charge in [0.25, 0.3) is 0 Å². The van der Waals surface area contributed by atoms with E-state index in [4.69, 9.17) is 14.2 Å². The monoisotopic (exact) mass is 397 g/mol. The Morgan fingerprint density at radius 2 is 2.00 bits per heavy atom. The van der Waals surface area contributed by atoms with E-state index in [9.17, 15) is 9.90 Å². The van der Waals surface area contributed by atoms with E-state index in [1.807, 2.05) is 24.3 Å². The molecule has 6 nitrogen and oxygen atoms in total. The summed E-state index contributed by atoms with van der Waals surface area (Å²) in [5.74, 6) is 2.05. The molecule has 2 aliphatic rings. The molecule has 0 bridgehead atoms. The Morgan fingerprint density at radius 1 is 1.21 bits per heavy atom. The number of hydrogen-bond donors (Lipinski definition) is 2. The summed E-state index contributed by atoms with van der Waals surface area (Å²) in [6.45, 7) is 0.448. The molecule has 2 aromatic carbocycles. The Morgan fingerprint density at radius 3 is 2.79 bits per heavy atom. The van der Waals surface area contributed by atoms with Crippen LogP contribution in [-0.2, 0) is 0 Å². The van der Waals surface area contributed by atoms with E-state index in [0.717, 1.165) is 37.1 Å². The van der Waals surface area contributed by atoms with Gasteiger partial charge in [0.1, 0.15) is 35.6 Å². The summed E-state index contributed by atoms with van der Waals surface area (Å²) in [4.78, 5) is 12.5. The molecule has 2 N–H and O–H groups in total. The first-order valence-corrected chi connectivity index (χ1v) is 10.1. The van der Waals surface area contributed by atoms with Crippen LogP contribution in [0.2, 0.25) is 0 Å². The van der Waals surface area contributed by atoms with Gasteiger partial charge in [0.2, 0.25) is 0 Å². The van der Waals surface area contributed by atoms with E-state index in [1.54, 1.807) is 25.3 Å². The first kappa shape index (κ1) is 19.6. The summed E-state index contributed by atoms with van der Waals surface area (Å²) in [7, 11) is 1.61. The molecule has 1 spiro atoms. The lowest BCUT2D eigenvalue weighted by atomic mass is 9.88. The second-order valence-electron chi connectivity index (χ2n) is 7.80. The quantitative estimate of drug-likeness (QED) is 0.740. The number of fused-ring (bicyclic) bond motifs is 1. The first-order chi connectivity index (χ1) is 14.1. The molecule has 154 valence electrons. The van der Waals surface area contributed by atoms with Crippen LogP contribution in [0, 0.1) is 0 Å². The second kappa shape index (κ2) is 8.33. The highest BCUT2D eigenvalue weighted by Crippen LogP contribution is 2.43. The molecule has 0 amide bonds. The smallest absolute Gasteiger partial charge is 0.170 e. The summed E-state index contributed by atoms with van der Waals surface area (Å²) >= 11 is 0. The van der Waals surface area contributed by atoms with Crippen LogP contribution in [0.5, 0.6) is 17.2 Å². The SMILES string of the molecule is COc1ccccc1NCC(O)COc1ccc2c(c1)OC1(CCCC1)CC2=O. The van der Waals surface area contributed by atoms with Gasteiger partial charge in [0.05, 0.1) is 24.8 Å². The Bertz CT molecular complexity index is 875. The number of nitrogens with one attached hydrogen (secondary N) is 1. The van der Waals surface area contributed by atoms with Gasteiger partial charge >= 0.3 is 0 Å². The van der Waals surface area contributed by atoms with Crippen molar-refractivity contribution in [1.82, 2.24) is 0 Å². The fourth-order valence-corrected chi connectivity index (χ4v) is 4.13. The van der Waals surface area contributed by atoms with Crippen molar-refractivity contribution in [2.75, 3.05) is 25.6 Å². The molecule has 1 heterocycles. The number of aliphatic hydroxyl groups is 1. The van der Waals surface area contributed by atoms with Crippen LogP contribution in [0.3, 0.4) is 0 Å². The maximum absolute atomic E-state index is 12.5. The molecule has 1 unspecified atom stereocenters. The normalized spacial score (nSPS) is 18.1. The molecule has 6 heteroatoms. The standard InChI is InChI=1S/C23H27NO5/c1-27-21-7-3-2-6-19(21)24-14-16(25)15-28-17-8-9-18-20(26)13-23(10-4-5-11-23)29-22(18)12-17/h2-3,6-9,12,16,24-25H,4-5,10-11,13-15H2,1H3. The minimum Gasteiger partial charge on any atom is -0.495 e. The Balaban J connectivity index is 1.35. The predicted molar refractivity (Wildman–Crippen MR) is 110 cm³/mol. The van der Waals surface area contributed by atoms with Crippen LogP contribution in [0.25, 0.3) is 0 Å². The molecule has 1 aliphatic carbocycles. The zero-order valence-electron chi connectivity index (χ0n) is 16.6. The van der Waals surface area contributed by atoms with E-state index in [-0.39, 0.29) is 18.0 Å². The van der Waals surface area contributed by atoms with Gasteiger partial charge in [-0.15, -0.1) is 0 Å².